The third kappa shape index (κ3) is 2.28. The molecule has 0 aromatic heterocycles. The molecule has 0 N–H and O–H groups in total. The third-order valence-electron chi connectivity index (χ3n) is 5.86. The molecule has 1 unspecified atom stereocenters. The molecule has 1 saturated heterocycles. The van der Waals surface area contributed by atoms with Crippen molar-refractivity contribution in [3.05, 3.63) is 35.2 Å². The molecule has 0 aliphatic carbocycles. The van der Waals surface area contributed by atoms with E-state index in [-0.39, 0.29) is 17.9 Å². The van der Waals surface area contributed by atoms with Gasteiger partial charge in [0.1, 0.15) is 6.67 Å². The van der Waals surface area contributed by atoms with Crippen LogP contribution in [0, 0.1) is 0 Å². The Bertz CT molecular complexity index is 840. The smallest absolute Gasteiger partial charge is 0.256 e. The largest absolute Gasteiger partial charge is 0.330 e. The van der Waals surface area contributed by atoms with Crippen LogP contribution in [-0.4, -0.2) is 48.9 Å². The molecular weight excluding hydrogens is 342 g/mol. The SMILES string of the molecule is CCC1=C2C3CCN3C(=O)c3c(cccc3[Si](C)(C)C)N2CN1C(C)=O. The van der Waals surface area contributed by atoms with Crippen molar-refractivity contribution in [2.24, 2.45) is 0 Å². The molecule has 0 spiro atoms. The predicted molar refractivity (Wildman–Crippen MR) is 106 cm³/mol. The van der Waals surface area contributed by atoms with E-state index in [2.05, 4.69) is 49.7 Å². The maximum Gasteiger partial charge on any atom is 0.256 e. The molecule has 0 radical (unpaired) electrons. The molecule has 2 amide bonds. The molecule has 3 aliphatic rings. The Hall–Kier alpha value is -2.08. The summed E-state index contributed by atoms with van der Waals surface area (Å²) < 4.78 is 0. The molecule has 4 rings (SSSR count). The van der Waals surface area contributed by atoms with Crippen molar-refractivity contribution < 1.29 is 9.59 Å². The standard InChI is InChI=1S/C20H27N3O2Si/c1-6-14-19-16-10-11-21(16)20(25)18-15(23(19)12-22(14)13(2)24)8-7-9-17(18)26(3,4)5/h7-9,16H,6,10-12H2,1-5H3. The number of carbonyl (C=O) groups excluding carboxylic acids is 2. The maximum atomic E-state index is 13.4. The Labute approximate surface area is 156 Å². The number of fused-ring (bicyclic) bond motifs is 5. The summed E-state index contributed by atoms with van der Waals surface area (Å²) in [6, 6.07) is 6.36. The number of hydrogen-bond acceptors (Lipinski definition) is 3. The second-order valence-electron chi connectivity index (χ2n) is 8.45. The highest BCUT2D eigenvalue weighted by Crippen LogP contribution is 2.43. The Balaban J connectivity index is 1.98. The van der Waals surface area contributed by atoms with Gasteiger partial charge in [-0.3, -0.25) is 14.5 Å². The van der Waals surface area contributed by atoms with Crippen LogP contribution in [0.4, 0.5) is 5.69 Å². The second-order valence-corrected chi connectivity index (χ2v) is 13.5. The Kier molecular flexibility index (Phi) is 3.81. The number of anilines is 1. The fraction of sp³-hybridized carbons (Fsp3) is 0.500. The van der Waals surface area contributed by atoms with Gasteiger partial charge in [0, 0.05) is 19.2 Å². The lowest BCUT2D eigenvalue weighted by Crippen LogP contribution is -2.54. The first-order valence-electron chi connectivity index (χ1n) is 9.48. The lowest BCUT2D eigenvalue weighted by atomic mass is 9.97. The molecule has 26 heavy (non-hydrogen) atoms. The Morgan fingerprint density at radius 2 is 2.00 bits per heavy atom. The lowest BCUT2D eigenvalue weighted by molar-refractivity contribution is -0.126. The number of rotatable bonds is 2. The zero-order chi connectivity index (χ0) is 18.8. The van der Waals surface area contributed by atoms with E-state index in [0.717, 1.165) is 42.0 Å². The van der Waals surface area contributed by atoms with Crippen LogP contribution in [0.1, 0.15) is 37.0 Å². The van der Waals surface area contributed by atoms with Crippen molar-refractivity contribution in [2.45, 2.75) is 52.4 Å². The minimum atomic E-state index is -1.68. The van der Waals surface area contributed by atoms with Crippen molar-refractivity contribution in [2.75, 3.05) is 18.1 Å². The summed E-state index contributed by atoms with van der Waals surface area (Å²) >= 11 is 0. The zero-order valence-electron chi connectivity index (χ0n) is 16.3. The van der Waals surface area contributed by atoms with Gasteiger partial charge in [0.25, 0.3) is 5.91 Å². The van der Waals surface area contributed by atoms with Crippen molar-refractivity contribution in [3.63, 3.8) is 0 Å². The monoisotopic (exact) mass is 369 g/mol. The van der Waals surface area contributed by atoms with Crippen LogP contribution < -0.4 is 10.1 Å². The summed E-state index contributed by atoms with van der Waals surface area (Å²) in [4.78, 5) is 31.8. The van der Waals surface area contributed by atoms with Gasteiger partial charge in [-0.25, -0.2) is 0 Å². The van der Waals surface area contributed by atoms with Crippen molar-refractivity contribution >= 4 is 30.8 Å². The van der Waals surface area contributed by atoms with Gasteiger partial charge in [0.15, 0.2) is 0 Å². The summed E-state index contributed by atoms with van der Waals surface area (Å²) in [7, 11) is -1.68. The second kappa shape index (κ2) is 5.71. The first-order valence-corrected chi connectivity index (χ1v) is 13.0. The molecule has 1 aromatic rings. The fourth-order valence-corrected chi connectivity index (χ4v) is 6.09. The van der Waals surface area contributed by atoms with Gasteiger partial charge in [-0.15, -0.1) is 0 Å². The Morgan fingerprint density at radius 3 is 2.54 bits per heavy atom. The van der Waals surface area contributed by atoms with E-state index in [9.17, 15) is 9.59 Å². The first kappa shape index (κ1) is 17.3. The molecule has 0 saturated carbocycles. The summed E-state index contributed by atoms with van der Waals surface area (Å²) in [5.41, 5.74) is 4.08. The minimum absolute atomic E-state index is 0.0718. The topological polar surface area (TPSA) is 43.9 Å². The van der Waals surface area contributed by atoms with Crippen molar-refractivity contribution in [1.29, 1.82) is 0 Å². The van der Waals surface area contributed by atoms with Crippen LogP contribution in [0.3, 0.4) is 0 Å². The highest BCUT2D eigenvalue weighted by Gasteiger charge is 2.48. The fourth-order valence-electron chi connectivity index (χ4n) is 4.51. The molecule has 5 nitrogen and oxygen atoms in total. The molecule has 1 fully saturated rings. The molecule has 0 bridgehead atoms. The van der Waals surface area contributed by atoms with E-state index in [4.69, 9.17) is 0 Å². The van der Waals surface area contributed by atoms with Crippen molar-refractivity contribution in [1.82, 2.24) is 9.80 Å². The van der Waals surface area contributed by atoms with E-state index < -0.39 is 8.07 Å². The van der Waals surface area contributed by atoms with E-state index in [1.807, 2.05) is 9.80 Å². The van der Waals surface area contributed by atoms with Gasteiger partial charge in [-0.1, -0.05) is 38.7 Å². The highest BCUT2D eigenvalue weighted by atomic mass is 28.3. The summed E-state index contributed by atoms with van der Waals surface area (Å²) in [6.07, 6.45) is 1.77. The molecule has 3 aliphatic heterocycles. The van der Waals surface area contributed by atoms with E-state index in [0.29, 0.717) is 6.67 Å². The van der Waals surface area contributed by atoms with Crippen molar-refractivity contribution in [3.8, 4) is 0 Å². The maximum absolute atomic E-state index is 13.4. The van der Waals surface area contributed by atoms with Crippen LogP contribution in [0.2, 0.25) is 19.6 Å². The van der Waals surface area contributed by atoms with Gasteiger partial charge in [-0.05, 0) is 24.1 Å². The number of nitrogens with zero attached hydrogens (tertiary/aromatic N) is 3. The van der Waals surface area contributed by atoms with Crippen LogP contribution in [0.15, 0.2) is 29.6 Å². The molecule has 1 aromatic carbocycles. The molecular formula is C20H27N3O2Si. The molecule has 138 valence electrons. The molecule has 3 heterocycles. The number of carbonyl (C=O) groups is 2. The summed E-state index contributed by atoms with van der Waals surface area (Å²) in [6.45, 7) is 11.9. The quantitative estimate of drug-likeness (QED) is 0.753. The average Bonchev–Trinajstić information content (AvgIpc) is 2.88. The van der Waals surface area contributed by atoms with Gasteiger partial charge in [-0.2, -0.15) is 0 Å². The normalized spacial score (nSPS) is 22.0. The van der Waals surface area contributed by atoms with E-state index in [1.54, 1.807) is 6.92 Å². The summed E-state index contributed by atoms with van der Waals surface area (Å²) in [5.74, 6) is 0.239. The average molecular weight is 370 g/mol. The van der Waals surface area contributed by atoms with Crippen LogP contribution in [-0.2, 0) is 4.79 Å². The van der Waals surface area contributed by atoms with Crippen LogP contribution >= 0.6 is 0 Å². The Morgan fingerprint density at radius 1 is 1.27 bits per heavy atom. The molecule has 6 heteroatoms. The predicted octanol–water partition coefficient (Wildman–Crippen LogP) is 2.71. The summed E-state index contributed by atoms with van der Waals surface area (Å²) in [5, 5.41) is 1.21. The van der Waals surface area contributed by atoms with Gasteiger partial charge >= 0.3 is 0 Å². The van der Waals surface area contributed by atoms with Gasteiger partial charge in [0.05, 0.1) is 31.1 Å². The number of allylic oxidation sites excluding steroid dienone is 1. The van der Waals surface area contributed by atoms with Gasteiger partial charge in [0.2, 0.25) is 5.91 Å². The van der Waals surface area contributed by atoms with Gasteiger partial charge < -0.3 is 9.80 Å². The third-order valence-corrected chi connectivity index (χ3v) is 7.89. The number of benzene rings is 1. The highest BCUT2D eigenvalue weighted by molar-refractivity contribution is 6.89. The lowest BCUT2D eigenvalue weighted by Gasteiger charge is -2.41. The zero-order valence-corrected chi connectivity index (χ0v) is 17.3. The van der Waals surface area contributed by atoms with Crippen LogP contribution in [0.5, 0.6) is 0 Å². The van der Waals surface area contributed by atoms with Crippen LogP contribution in [0.25, 0.3) is 0 Å². The van der Waals surface area contributed by atoms with E-state index in [1.165, 1.54) is 5.19 Å². The first-order chi connectivity index (χ1) is 12.3. The number of hydrogen-bond donors (Lipinski definition) is 0. The minimum Gasteiger partial charge on any atom is -0.330 e. The molecule has 1 atom stereocenters. The number of amides is 2. The van der Waals surface area contributed by atoms with E-state index >= 15 is 0 Å².